The van der Waals surface area contributed by atoms with Gasteiger partial charge in [0.25, 0.3) is 0 Å². The zero-order chi connectivity index (χ0) is 14.9. The molecule has 3 nitrogen and oxygen atoms in total. The molecule has 3 atom stereocenters. The summed E-state index contributed by atoms with van der Waals surface area (Å²) < 4.78 is 0.262. The summed E-state index contributed by atoms with van der Waals surface area (Å²) in [5.74, 6) is 2.54. The molecule has 0 radical (unpaired) electrons. The zero-order valence-electron chi connectivity index (χ0n) is 13.6. The number of nitrogens with zero attached hydrogens (tertiary/aromatic N) is 1. The van der Waals surface area contributed by atoms with Crippen LogP contribution < -0.4 is 5.32 Å². The Bertz CT molecular complexity index is 350. The van der Waals surface area contributed by atoms with Crippen molar-refractivity contribution >= 4 is 17.7 Å². The van der Waals surface area contributed by atoms with Gasteiger partial charge >= 0.3 is 0 Å². The predicted molar refractivity (Wildman–Crippen MR) is 86.8 cm³/mol. The fourth-order valence-corrected chi connectivity index (χ4v) is 4.63. The molecule has 0 spiro atoms. The molecule has 0 aliphatic carbocycles. The highest BCUT2D eigenvalue weighted by atomic mass is 32.2. The molecular formula is C16H30N2OS. The second kappa shape index (κ2) is 6.27. The lowest BCUT2D eigenvalue weighted by Crippen LogP contribution is -2.45. The van der Waals surface area contributed by atoms with Crippen LogP contribution in [0.25, 0.3) is 0 Å². The zero-order valence-corrected chi connectivity index (χ0v) is 14.4. The Morgan fingerprint density at radius 3 is 2.60 bits per heavy atom. The average Bonchev–Trinajstić information content (AvgIpc) is 2.88. The van der Waals surface area contributed by atoms with Crippen molar-refractivity contribution in [3.63, 3.8) is 0 Å². The largest absolute Gasteiger partial charge is 0.324 e. The van der Waals surface area contributed by atoms with Crippen molar-refractivity contribution in [2.45, 2.75) is 70.8 Å². The van der Waals surface area contributed by atoms with Gasteiger partial charge in [-0.05, 0) is 43.8 Å². The van der Waals surface area contributed by atoms with Gasteiger partial charge < -0.3 is 4.90 Å². The number of nitrogens with one attached hydrogen (secondary N) is 1. The molecule has 2 aliphatic heterocycles. The van der Waals surface area contributed by atoms with Gasteiger partial charge in [0, 0.05) is 11.3 Å². The lowest BCUT2D eigenvalue weighted by Gasteiger charge is -2.33. The second-order valence-electron chi connectivity index (χ2n) is 7.40. The molecule has 116 valence electrons. The van der Waals surface area contributed by atoms with E-state index in [0.717, 1.165) is 13.0 Å². The minimum atomic E-state index is 0.00810. The third-order valence-electron chi connectivity index (χ3n) is 4.46. The molecule has 1 N–H and O–H groups in total. The normalized spacial score (nSPS) is 34.8. The van der Waals surface area contributed by atoms with Gasteiger partial charge in [-0.25, -0.2) is 0 Å². The summed E-state index contributed by atoms with van der Waals surface area (Å²) in [6, 6.07) is 0.00810. The topological polar surface area (TPSA) is 32.3 Å². The molecular weight excluding hydrogens is 268 g/mol. The van der Waals surface area contributed by atoms with Gasteiger partial charge in [0.1, 0.15) is 0 Å². The molecule has 0 aromatic carbocycles. The molecule has 0 aromatic rings. The minimum Gasteiger partial charge on any atom is -0.324 e. The van der Waals surface area contributed by atoms with Gasteiger partial charge in [0.15, 0.2) is 0 Å². The van der Waals surface area contributed by atoms with Crippen LogP contribution in [0.4, 0.5) is 0 Å². The van der Waals surface area contributed by atoms with E-state index in [-0.39, 0.29) is 17.0 Å². The summed E-state index contributed by atoms with van der Waals surface area (Å²) in [4.78, 5) is 14.9. The lowest BCUT2D eigenvalue weighted by atomic mass is 10.0. The van der Waals surface area contributed by atoms with E-state index < -0.39 is 0 Å². The van der Waals surface area contributed by atoms with Crippen LogP contribution >= 0.6 is 11.8 Å². The number of thioether (sulfide) groups is 1. The lowest BCUT2D eigenvalue weighted by molar-refractivity contribution is -0.131. The van der Waals surface area contributed by atoms with Crippen molar-refractivity contribution in [3.8, 4) is 0 Å². The van der Waals surface area contributed by atoms with Gasteiger partial charge in [-0.3, -0.25) is 10.1 Å². The molecule has 2 aliphatic rings. The van der Waals surface area contributed by atoms with E-state index in [9.17, 15) is 4.79 Å². The van der Waals surface area contributed by atoms with Gasteiger partial charge in [-0.1, -0.05) is 27.7 Å². The van der Waals surface area contributed by atoms with Crippen molar-refractivity contribution in [2.24, 2.45) is 11.8 Å². The van der Waals surface area contributed by atoms with E-state index >= 15 is 0 Å². The molecule has 1 amide bonds. The molecule has 2 heterocycles. The second-order valence-corrected chi connectivity index (χ2v) is 9.08. The van der Waals surface area contributed by atoms with Crippen LogP contribution in [0, 0.1) is 11.8 Å². The third kappa shape index (κ3) is 3.51. The Labute approximate surface area is 128 Å². The van der Waals surface area contributed by atoms with Crippen LogP contribution in [0.1, 0.15) is 53.9 Å². The van der Waals surface area contributed by atoms with Crippen LogP contribution in [0.5, 0.6) is 0 Å². The smallest absolute Gasteiger partial charge is 0.241 e. The molecule has 3 unspecified atom stereocenters. The van der Waals surface area contributed by atoms with Crippen LogP contribution in [-0.4, -0.2) is 40.1 Å². The fourth-order valence-electron chi connectivity index (χ4n) is 3.33. The highest BCUT2D eigenvalue weighted by molar-refractivity contribution is 8.00. The molecule has 0 bridgehead atoms. The van der Waals surface area contributed by atoms with Crippen LogP contribution in [0.3, 0.4) is 0 Å². The number of hydrogen-bond donors (Lipinski definition) is 1. The molecule has 20 heavy (non-hydrogen) atoms. The highest BCUT2D eigenvalue weighted by Gasteiger charge is 2.44. The number of carbonyl (C=O) groups excluding carboxylic acids is 1. The summed E-state index contributed by atoms with van der Waals surface area (Å²) in [5.41, 5.74) is 0. The van der Waals surface area contributed by atoms with E-state index in [1.54, 1.807) is 0 Å². The van der Waals surface area contributed by atoms with E-state index in [0.29, 0.717) is 17.7 Å². The summed E-state index contributed by atoms with van der Waals surface area (Å²) in [6.07, 6.45) is 3.81. The maximum Gasteiger partial charge on any atom is 0.241 e. The summed E-state index contributed by atoms with van der Waals surface area (Å²) in [5, 5.41) is 3.58. The first-order chi connectivity index (χ1) is 9.32. The number of rotatable bonds is 5. The van der Waals surface area contributed by atoms with E-state index in [1.165, 1.54) is 18.6 Å². The van der Waals surface area contributed by atoms with Crippen molar-refractivity contribution in [1.29, 1.82) is 0 Å². The summed E-state index contributed by atoms with van der Waals surface area (Å²) in [7, 11) is 0. The first-order valence-corrected chi connectivity index (χ1v) is 9.01. The molecule has 0 aromatic heterocycles. The maximum atomic E-state index is 12.7. The van der Waals surface area contributed by atoms with E-state index in [2.05, 4.69) is 44.8 Å². The van der Waals surface area contributed by atoms with E-state index in [4.69, 9.17) is 0 Å². The van der Waals surface area contributed by atoms with E-state index in [1.807, 2.05) is 11.8 Å². The average molecular weight is 298 g/mol. The predicted octanol–water partition coefficient (Wildman–Crippen LogP) is 3.10. The van der Waals surface area contributed by atoms with Crippen LogP contribution in [0.15, 0.2) is 0 Å². The maximum absolute atomic E-state index is 12.7. The van der Waals surface area contributed by atoms with Crippen molar-refractivity contribution in [1.82, 2.24) is 10.2 Å². The van der Waals surface area contributed by atoms with Crippen molar-refractivity contribution in [3.05, 3.63) is 0 Å². The number of hydrogen-bond acceptors (Lipinski definition) is 3. The Balaban J connectivity index is 2.10. The van der Waals surface area contributed by atoms with Crippen LogP contribution in [-0.2, 0) is 4.79 Å². The molecule has 2 rings (SSSR count). The summed E-state index contributed by atoms with van der Waals surface area (Å²) >= 11 is 2.04. The Morgan fingerprint density at radius 1 is 1.40 bits per heavy atom. The first kappa shape index (κ1) is 16.2. The van der Waals surface area contributed by atoms with Crippen molar-refractivity contribution < 1.29 is 4.79 Å². The first-order valence-electron chi connectivity index (χ1n) is 8.03. The standard InChI is InChI=1S/C16H30N2OS/c1-11(2)9-13-17-14(12(3)4)15(19)18(13)10-16(5)7-6-8-20-16/h11-14,17H,6-10H2,1-5H3. The highest BCUT2D eigenvalue weighted by Crippen LogP contribution is 2.39. The SMILES string of the molecule is CC(C)CC1NC(C(C)C)C(=O)N1CC1(C)CCCS1. The Kier molecular flexibility index (Phi) is 5.06. The monoisotopic (exact) mass is 298 g/mol. The minimum absolute atomic E-state index is 0.00810. The Hall–Kier alpha value is -0.220. The summed E-state index contributed by atoms with van der Waals surface area (Å²) in [6.45, 7) is 12.0. The molecule has 4 heteroatoms. The van der Waals surface area contributed by atoms with Gasteiger partial charge in [0.2, 0.25) is 5.91 Å². The molecule has 2 saturated heterocycles. The van der Waals surface area contributed by atoms with Crippen LogP contribution in [0.2, 0.25) is 0 Å². The quantitative estimate of drug-likeness (QED) is 0.846. The fraction of sp³-hybridized carbons (Fsp3) is 0.938. The third-order valence-corrected chi connectivity index (χ3v) is 5.99. The number of amides is 1. The van der Waals surface area contributed by atoms with Gasteiger partial charge in [-0.2, -0.15) is 11.8 Å². The number of carbonyl (C=O) groups is 1. The molecule has 2 fully saturated rings. The van der Waals surface area contributed by atoms with Gasteiger partial charge in [-0.15, -0.1) is 0 Å². The van der Waals surface area contributed by atoms with Gasteiger partial charge in [0.05, 0.1) is 12.2 Å². The van der Waals surface area contributed by atoms with Crippen molar-refractivity contribution in [2.75, 3.05) is 12.3 Å². The molecule has 0 saturated carbocycles. The Morgan fingerprint density at radius 2 is 2.10 bits per heavy atom.